The first-order valence-corrected chi connectivity index (χ1v) is 8.22. The number of hydrogen-bond acceptors (Lipinski definition) is 6. The van der Waals surface area contributed by atoms with Crippen LogP contribution in [0.2, 0.25) is 0 Å². The third-order valence-corrected chi connectivity index (χ3v) is 4.21. The number of ether oxygens (including phenoxy) is 2. The first-order chi connectivity index (χ1) is 12.9. The van der Waals surface area contributed by atoms with E-state index in [9.17, 15) is 13.2 Å². The van der Waals surface area contributed by atoms with E-state index in [0.717, 1.165) is 12.8 Å². The number of alkyl halides is 3. The first kappa shape index (κ1) is 17.4. The van der Waals surface area contributed by atoms with Crippen LogP contribution in [0.25, 0.3) is 16.9 Å². The molecule has 0 saturated heterocycles. The molecule has 1 N–H and O–H groups in total. The molecule has 7 nitrogen and oxygen atoms in total. The van der Waals surface area contributed by atoms with Crippen LogP contribution in [0, 0.1) is 0 Å². The van der Waals surface area contributed by atoms with Crippen LogP contribution in [-0.2, 0) is 6.18 Å². The third-order valence-electron chi connectivity index (χ3n) is 4.21. The predicted molar refractivity (Wildman–Crippen MR) is 91.4 cm³/mol. The van der Waals surface area contributed by atoms with Crippen LogP contribution in [0.4, 0.5) is 19.0 Å². The molecule has 0 radical (unpaired) electrons. The monoisotopic (exact) mass is 379 g/mol. The van der Waals surface area contributed by atoms with Crippen molar-refractivity contribution in [2.24, 2.45) is 0 Å². The van der Waals surface area contributed by atoms with Crippen molar-refractivity contribution >= 4 is 17.0 Å². The van der Waals surface area contributed by atoms with Crippen molar-refractivity contribution in [3.63, 3.8) is 0 Å². The van der Waals surface area contributed by atoms with Crippen LogP contribution in [0.1, 0.15) is 18.7 Å². The summed E-state index contributed by atoms with van der Waals surface area (Å²) in [7, 11) is 2.97. The van der Waals surface area contributed by atoms with Crippen LogP contribution < -0.4 is 14.8 Å². The number of benzene rings is 1. The van der Waals surface area contributed by atoms with Gasteiger partial charge in [0.05, 0.1) is 19.9 Å². The SMILES string of the molecule is COc1ccc(OC)c(-n2cnc3c(NC4CC4)nc(C(F)(F)F)nc32)c1. The lowest BCUT2D eigenvalue weighted by Crippen LogP contribution is -2.15. The van der Waals surface area contributed by atoms with E-state index in [1.54, 1.807) is 18.2 Å². The van der Waals surface area contributed by atoms with Crippen molar-refractivity contribution in [3.05, 3.63) is 30.4 Å². The minimum atomic E-state index is -4.68. The van der Waals surface area contributed by atoms with Crippen molar-refractivity contribution in [2.75, 3.05) is 19.5 Å². The molecular weight excluding hydrogens is 363 g/mol. The van der Waals surface area contributed by atoms with Gasteiger partial charge in [-0.15, -0.1) is 0 Å². The van der Waals surface area contributed by atoms with E-state index in [-0.39, 0.29) is 23.0 Å². The van der Waals surface area contributed by atoms with Gasteiger partial charge in [0.15, 0.2) is 17.0 Å². The molecule has 0 bridgehead atoms. The average molecular weight is 379 g/mol. The van der Waals surface area contributed by atoms with Crippen molar-refractivity contribution in [1.29, 1.82) is 0 Å². The molecule has 1 aliphatic carbocycles. The topological polar surface area (TPSA) is 74.1 Å². The van der Waals surface area contributed by atoms with Crippen molar-refractivity contribution in [1.82, 2.24) is 19.5 Å². The fourth-order valence-electron chi connectivity index (χ4n) is 2.71. The van der Waals surface area contributed by atoms with Gasteiger partial charge >= 0.3 is 6.18 Å². The summed E-state index contributed by atoms with van der Waals surface area (Å²) in [6.45, 7) is 0. The standard InChI is InChI=1S/C17H16F3N5O2/c1-26-10-5-6-12(27-2)11(7-10)25-8-21-13-14(22-9-3-4-9)23-16(17(18,19)20)24-15(13)25/h5-9H,3-4H2,1-2H3,(H,22,23,24). The summed E-state index contributed by atoms with van der Waals surface area (Å²) in [5.41, 5.74) is 0.760. The van der Waals surface area contributed by atoms with E-state index in [1.165, 1.54) is 25.1 Å². The van der Waals surface area contributed by atoms with Gasteiger partial charge in [-0.05, 0) is 25.0 Å². The van der Waals surface area contributed by atoms with Gasteiger partial charge in [-0.2, -0.15) is 13.2 Å². The van der Waals surface area contributed by atoms with Gasteiger partial charge < -0.3 is 14.8 Å². The molecule has 2 aromatic heterocycles. The number of hydrogen-bond donors (Lipinski definition) is 1. The minimum absolute atomic E-state index is 0.0343. The van der Waals surface area contributed by atoms with E-state index >= 15 is 0 Å². The molecule has 1 aliphatic rings. The van der Waals surface area contributed by atoms with E-state index in [0.29, 0.717) is 17.2 Å². The maximum Gasteiger partial charge on any atom is 0.451 e. The Morgan fingerprint density at radius 1 is 1.15 bits per heavy atom. The lowest BCUT2D eigenvalue weighted by molar-refractivity contribution is -0.144. The Kier molecular flexibility index (Phi) is 4.05. The zero-order valence-corrected chi connectivity index (χ0v) is 14.5. The second-order valence-corrected chi connectivity index (χ2v) is 6.14. The van der Waals surface area contributed by atoms with E-state index < -0.39 is 12.0 Å². The van der Waals surface area contributed by atoms with Crippen LogP contribution >= 0.6 is 0 Å². The highest BCUT2D eigenvalue weighted by atomic mass is 19.4. The molecule has 0 spiro atoms. The summed E-state index contributed by atoms with van der Waals surface area (Å²) >= 11 is 0. The highest BCUT2D eigenvalue weighted by Crippen LogP contribution is 2.35. The number of fused-ring (bicyclic) bond motifs is 1. The smallest absolute Gasteiger partial charge is 0.451 e. The molecule has 0 unspecified atom stereocenters. The molecule has 2 heterocycles. The number of methoxy groups -OCH3 is 2. The molecule has 1 saturated carbocycles. The summed E-state index contributed by atoms with van der Waals surface area (Å²) in [5.74, 6) is -0.176. The number of imidazole rings is 1. The Balaban J connectivity index is 1.94. The summed E-state index contributed by atoms with van der Waals surface area (Å²) in [5, 5.41) is 3.00. The highest BCUT2D eigenvalue weighted by molar-refractivity contribution is 5.85. The van der Waals surface area contributed by atoms with Gasteiger partial charge in [-0.25, -0.2) is 15.0 Å². The fourth-order valence-corrected chi connectivity index (χ4v) is 2.71. The number of nitrogens with zero attached hydrogens (tertiary/aromatic N) is 4. The molecule has 0 aliphatic heterocycles. The number of nitrogens with one attached hydrogen (secondary N) is 1. The minimum Gasteiger partial charge on any atom is -0.497 e. The van der Waals surface area contributed by atoms with E-state index in [1.807, 2.05) is 0 Å². The van der Waals surface area contributed by atoms with Gasteiger partial charge in [-0.1, -0.05) is 0 Å². The van der Waals surface area contributed by atoms with Crippen LogP contribution in [0.5, 0.6) is 11.5 Å². The molecule has 142 valence electrons. The molecule has 0 amide bonds. The Morgan fingerprint density at radius 2 is 1.93 bits per heavy atom. The van der Waals surface area contributed by atoms with Crippen molar-refractivity contribution in [3.8, 4) is 17.2 Å². The average Bonchev–Trinajstić information content (AvgIpc) is 3.36. The molecule has 10 heteroatoms. The second kappa shape index (κ2) is 6.29. The quantitative estimate of drug-likeness (QED) is 0.732. The number of anilines is 1. The normalized spacial score (nSPS) is 14.4. The Labute approximate surface area is 152 Å². The number of rotatable bonds is 5. The largest absolute Gasteiger partial charge is 0.497 e. The van der Waals surface area contributed by atoms with Gasteiger partial charge in [-0.3, -0.25) is 4.57 Å². The Bertz CT molecular complexity index is 998. The van der Waals surface area contributed by atoms with Gasteiger partial charge in [0.25, 0.3) is 0 Å². The van der Waals surface area contributed by atoms with Crippen molar-refractivity contribution < 1.29 is 22.6 Å². The predicted octanol–water partition coefficient (Wildman–Crippen LogP) is 3.43. The van der Waals surface area contributed by atoms with Crippen LogP contribution in [0.15, 0.2) is 24.5 Å². The van der Waals surface area contributed by atoms with Gasteiger partial charge in [0, 0.05) is 12.1 Å². The summed E-state index contributed by atoms with van der Waals surface area (Å²) in [6.07, 6.45) is -1.51. The third kappa shape index (κ3) is 3.22. The van der Waals surface area contributed by atoms with Gasteiger partial charge in [0.2, 0.25) is 5.82 Å². The fraction of sp³-hybridized carbons (Fsp3) is 0.353. The highest BCUT2D eigenvalue weighted by Gasteiger charge is 2.37. The summed E-state index contributed by atoms with van der Waals surface area (Å²) in [4.78, 5) is 11.6. The Morgan fingerprint density at radius 3 is 2.56 bits per heavy atom. The lowest BCUT2D eigenvalue weighted by Gasteiger charge is -2.13. The molecule has 0 atom stereocenters. The van der Waals surface area contributed by atoms with Crippen molar-refractivity contribution in [2.45, 2.75) is 25.1 Å². The van der Waals surface area contributed by atoms with Gasteiger partial charge in [0.1, 0.15) is 17.8 Å². The molecular formula is C17H16F3N5O2. The Hall–Kier alpha value is -3.04. The molecule has 4 rings (SSSR count). The van der Waals surface area contributed by atoms with Crippen LogP contribution in [0.3, 0.4) is 0 Å². The second-order valence-electron chi connectivity index (χ2n) is 6.14. The number of halogens is 3. The van der Waals surface area contributed by atoms with Crippen LogP contribution in [-0.4, -0.2) is 39.8 Å². The first-order valence-electron chi connectivity index (χ1n) is 8.22. The summed E-state index contributed by atoms with van der Waals surface area (Å²) in [6, 6.07) is 5.11. The molecule has 1 fully saturated rings. The molecule has 27 heavy (non-hydrogen) atoms. The molecule has 1 aromatic carbocycles. The zero-order valence-electron chi connectivity index (χ0n) is 14.5. The lowest BCUT2D eigenvalue weighted by atomic mass is 10.2. The zero-order chi connectivity index (χ0) is 19.2. The summed E-state index contributed by atoms with van der Waals surface area (Å²) < 4.78 is 52.0. The number of aromatic nitrogens is 4. The molecule has 3 aromatic rings. The van der Waals surface area contributed by atoms with E-state index in [4.69, 9.17) is 9.47 Å². The maximum absolute atomic E-state index is 13.3. The maximum atomic E-state index is 13.3. The van der Waals surface area contributed by atoms with E-state index in [2.05, 4.69) is 20.3 Å².